The van der Waals surface area contributed by atoms with E-state index in [1.54, 1.807) is 0 Å². The van der Waals surface area contributed by atoms with Crippen molar-refractivity contribution in [2.75, 3.05) is 26.3 Å². The largest absolute Gasteiger partial charge is 0.382 e. The SMILES string of the molecule is CCOCCCNC(N)=NCCCc1cn[nH]c1C. The van der Waals surface area contributed by atoms with Crippen LogP contribution in [0, 0.1) is 6.92 Å². The van der Waals surface area contributed by atoms with Gasteiger partial charge in [0.05, 0.1) is 6.20 Å². The molecular weight excluding hydrogens is 242 g/mol. The van der Waals surface area contributed by atoms with Gasteiger partial charge in [0.2, 0.25) is 0 Å². The minimum atomic E-state index is 0.514. The molecule has 0 aliphatic heterocycles. The molecule has 6 nitrogen and oxygen atoms in total. The van der Waals surface area contributed by atoms with Crippen molar-refractivity contribution < 1.29 is 4.74 Å². The smallest absolute Gasteiger partial charge is 0.188 e. The topological polar surface area (TPSA) is 88.3 Å². The zero-order valence-corrected chi connectivity index (χ0v) is 11.9. The summed E-state index contributed by atoms with van der Waals surface area (Å²) in [5.41, 5.74) is 8.14. The minimum Gasteiger partial charge on any atom is -0.382 e. The van der Waals surface area contributed by atoms with Crippen LogP contribution in [0.5, 0.6) is 0 Å². The summed E-state index contributed by atoms with van der Waals surface area (Å²) in [5, 5.41) is 9.99. The highest BCUT2D eigenvalue weighted by Gasteiger charge is 1.99. The highest BCUT2D eigenvalue weighted by atomic mass is 16.5. The van der Waals surface area contributed by atoms with Crippen LogP contribution in [0.3, 0.4) is 0 Å². The van der Waals surface area contributed by atoms with Gasteiger partial charge in [0.15, 0.2) is 5.96 Å². The number of aromatic amines is 1. The van der Waals surface area contributed by atoms with Gasteiger partial charge < -0.3 is 15.8 Å². The molecule has 0 bridgehead atoms. The Hall–Kier alpha value is -1.56. The average molecular weight is 267 g/mol. The highest BCUT2D eigenvalue weighted by molar-refractivity contribution is 5.77. The fourth-order valence-electron chi connectivity index (χ4n) is 1.69. The van der Waals surface area contributed by atoms with Gasteiger partial charge in [-0.2, -0.15) is 5.10 Å². The van der Waals surface area contributed by atoms with E-state index in [9.17, 15) is 0 Å². The molecule has 0 spiro atoms. The first-order chi connectivity index (χ1) is 9.24. The van der Waals surface area contributed by atoms with E-state index in [2.05, 4.69) is 20.5 Å². The summed E-state index contributed by atoms with van der Waals surface area (Å²) in [7, 11) is 0. The van der Waals surface area contributed by atoms with E-state index in [1.165, 1.54) is 5.56 Å². The number of hydrogen-bond donors (Lipinski definition) is 3. The maximum absolute atomic E-state index is 5.76. The molecule has 6 heteroatoms. The maximum Gasteiger partial charge on any atom is 0.188 e. The van der Waals surface area contributed by atoms with Crippen molar-refractivity contribution in [1.82, 2.24) is 15.5 Å². The number of guanidine groups is 1. The molecule has 1 rings (SSSR count). The summed E-state index contributed by atoms with van der Waals surface area (Å²) in [5.74, 6) is 0.514. The summed E-state index contributed by atoms with van der Waals surface area (Å²) in [6.45, 7) is 7.07. The number of aromatic nitrogens is 2. The number of nitrogens with zero attached hydrogens (tertiary/aromatic N) is 2. The van der Waals surface area contributed by atoms with Crippen LogP contribution in [0.4, 0.5) is 0 Å². The molecule has 0 unspecified atom stereocenters. The predicted octanol–water partition coefficient (Wildman–Crippen LogP) is 0.982. The Morgan fingerprint density at radius 3 is 3.05 bits per heavy atom. The molecule has 0 aliphatic rings. The van der Waals surface area contributed by atoms with Crippen LogP contribution in [0.2, 0.25) is 0 Å². The Morgan fingerprint density at radius 2 is 2.37 bits per heavy atom. The van der Waals surface area contributed by atoms with Gasteiger partial charge in [-0.25, -0.2) is 0 Å². The molecule has 0 saturated heterocycles. The number of nitrogens with two attached hydrogens (primary N) is 1. The van der Waals surface area contributed by atoms with Gasteiger partial charge in [-0.15, -0.1) is 0 Å². The van der Waals surface area contributed by atoms with Gasteiger partial charge in [0.25, 0.3) is 0 Å². The molecular formula is C13H25N5O. The van der Waals surface area contributed by atoms with Gasteiger partial charge in [0.1, 0.15) is 0 Å². The van der Waals surface area contributed by atoms with Crippen LogP contribution >= 0.6 is 0 Å². The van der Waals surface area contributed by atoms with Crippen LogP contribution in [0.25, 0.3) is 0 Å². The summed E-state index contributed by atoms with van der Waals surface area (Å²) in [6, 6.07) is 0. The highest BCUT2D eigenvalue weighted by Crippen LogP contribution is 2.05. The Kier molecular flexibility index (Phi) is 7.65. The van der Waals surface area contributed by atoms with Crippen molar-refractivity contribution in [2.45, 2.75) is 33.1 Å². The number of aliphatic imine (C=N–C) groups is 1. The zero-order chi connectivity index (χ0) is 13.9. The first-order valence-electron chi connectivity index (χ1n) is 6.84. The van der Waals surface area contributed by atoms with Crippen LogP contribution in [-0.2, 0) is 11.2 Å². The number of nitrogens with one attached hydrogen (secondary N) is 2. The fraction of sp³-hybridized carbons (Fsp3) is 0.692. The third-order valence-electron chi connectivity index (χ3n) is 2.80. The molecule has 0 fully saturated rings. The fourth-order valence-corrected chi connectivity index (χ4v) is 1.69. The molecule has 0 saturated carbocycles. The predicted molar refractivity (Wildman–Crippen MR) is 77.2 cm³/mol. The molecule has 108 valence electrons. The average Bonchev–Trinajstić information content (AvgIpc) is 2.80. The Bertz CT molecular complexity index is 375. The van der Waals surface area contributed by atoms with Crippen LogP contribution in [0.1, 0.15) is 31.0 Å². The lowest BCUT2D eigenvalue weighted by Gasteiger charge is -2.05. The van der Waals surface area contributed by atoms with Gasteiger partial charge in [-0.1, -0.05) is 0 Å². The van der Waals surface area contributed by atoms with E-state index in [4.69, 9.17) is 10.5 Å². The van der Waals surface area contributed by atoms with E-state index >= 15 is 0 Å². The first kappa shape index (κ1) is 15.5. The van der Waals surface area contributed by atoms with Crippen molar-refractivity contribution >= 4 is 5.96 Å². The van der Waals surface area contributed by atoms with E-state index < -0.39 is 0 Å². The third kappa shape index (κ3) is 6.81. The second kappa shape index (κ2) is 9.38. The van der Waals surface area contributed by atoms with Crippen molar-refractivity contribution in [2.24, 2.45) is 10.7 Å². The van der Waals surface area contributed by atoms with Crippen LogP contribution in [0.15, 0.2) is 11.2 Å². The van der Waals surface area contributed by atoms with Gasteiger partial charge in [-0.05, 0) is 38.7 Å². The molecule has 1 aromatic rings. The lowest BCUT2D eigenvalue weighted by Crippen LogP contribution is -2.33. The molecule has 0 aromatic carbocycles. The Balaban J connectivity index is 2.06. The lowest BCUT2D eigenvalue weighted by molar-refractivity contribution is 0.145. The normalized spacial score (nSPS) is 11.8. The molecule has 0 radical (unpaired) electrons. The van der Waals surface area contributed by atoms with Gasteiger partial charge >= 0.3 is 0 Å². The summed E-state index contributed by atoms with van der Waals surface area (Å²) >= 11 is 0. The molecule has 0 amide bonds. The van der Waals surface area contributed by atoms with E-state index in [1.807, 2.05) is 20.0 Å². The Morgan fingerprint density at radius 1 is 1.53 bits per heavy atom. The lowest BCUT2D eigenvalue weighted by atomic mass is 10.1. The second-order valence-electron chi connectivity index (χ2n) is 4.37. The minimum absolute atomic E-state index is 0.514. The summed E-state index contributed by atoms with van der Waals surface area (Å²) in [4.78, 5) is 4.28. The number of rotatable bonds is 9. The number of aryl methyl sites for hydroxylation is 2. The first-order valence-corrected chi connectivity index (χ1v) is 6.84. The van der Waals surface area contributed by atoms with Crippen molar-refractivity contribution in [3.05, 3.63) is 17.5 Å². The van der Waals surface area contributed by atoms with Crippen LogP contribution in [-0.4, -0.2) is 42.5 Å². The van der Waals surface area contributed by atoms with Crippen molar-refractivity contribution in [3.63, 3.8) is 0 Å². The van der Waals surface area contributed by atoms with Gasteiger partial charge in [-0.3, -0.25) is 10.1 Å². The summed E-state index contributed by atoms with van der Waals surface area (Å²) in [6.07, 6.45) is 4.76. The molecule has 1 heterocycles. The van der Waals surface area contributed by atoms with Gasteiger partial charge in [0, 0.05) is 32.0 Å². The summed E-state index contributed by atoms with van der Waals surface area (Å²) < 4.78 is 5.24. The third-order valence-corrected chi connectivity index (χ3v) is 2.80. The molecule has 0 aliphatic carbocycles. The molecule has 19 heavy (non-hydrogen) atoms. The molecule has 4 N–H and O–H groups in total. The standard InChI is InChI=1S/C13H25N5O/c1-3-19-9-5-8-16-13(14)15-7-4-6-12-10-17-18-11(12)2/h10H,3-9H2,1-2H3,(H,17,18)(H3,14,15,16). The maximum atomic E-state index is 5.76. The quantitative estimate of drug-likeness (QED) is 0.353. The van der Waals surface area contributed by atoms with Crippen molar-refractivity contribution in [1.29, 1.82) is 0 Å². The van der Waals surface area contributed by atoms with E-state index in [0.29, 0.717) is 5.96 Å². The Labute approximate surface area is 114 Å². The van der Waals surface area contributed by atoms with Crippen molar-refractivity contribution in [3.8, 4) is 0 Å². The molecule has 0 atom stereocenters. The number of H-pyrrole nitrogens is 1. The monoisotopic (exact) mass is 267 g/mol. The number of ether oxygens (including phenoxy) is 1. The molecule has 1 aromatic heterocycles. The van der Waals surface area contributed by atoms with E-state index in [0.717, 1.165) is 51.3 Å². The number of hydrogen-bond acceptors (Lipinski definition) is 3. The van der Waals surface area contributed by atoms with E-state index in [-0.39, 0.29) is 0 Å². The van der Waals surface area contributed by atoms with Crippen LogP contribution < -0.4 is 11.1 Å². The second-order valence-corrected chi connectivity index (χ2v) is 4.37. The zero-order valence-electron chi connectivity index (χ0n) is 11.9.